The summed E-state index contributed by atoms with van der Waals surface area (Å²) in [5, 5.41) is 5.11. The maximum absolute atomic E-state index is 15.0. The van der Waals surface area contributed by atoms with Gasteiger partial charge in [0.05, 0.1) is 11.2 Å². The van der Waals surface area contributed by atoms with Crippen LogP contribution in [0.25, 0.3) is 55.6 Å². The standard InChI is InChI=1S/C39H31OP.C27H29BO2.C18H14BrOP.CH4.H3P.H2/c1-39(2)35-21-13-12-20-34(35)38-36(39)27-26-33(28-14-6-3-7-15-28)37(38)29-22-24-32(25-23-29)41(40,30-16-8-4-9-17-30)31-18-10-5-11-19-31;1-25(2)21-15-11-10-14-20(21)23-22(25)17-16-19(18-12-8-7-9-13-18)24(23)28-29-26(3,4)27(5,6)30-28;19-15-11-13-18(14-12-15)21(20,16-7-3-1-4-8-16)17-9-5-2-6-10-17;;;/h3-27H,1-2H3;7-17H,1-6H3;1-14H;1H4;1H3;1H/i;;;;;1+2T. The summed E-state index contributed by atoms with van der Waals surface area (Å²) in [5.41, 5.74) is 17.9. The third kappa shape index (κ3) is 12.1. The van der Waals surface area contributed by atoms with Gasteiger partial charge in [0.15, 0.2) is 14.3 Å². The van der Waals surface area contributed by atoms with E-state index in [0.717, 1.165) is 47.3 Å². The zero-order valence-electron chi connectivity index (χ0n) is 56.1. The van der Waals surface area contributed by atoms with E-state index in [2.05, 4.69) is 229 Å². The van der Waals surface area contributed by atoms with Crippen LogP contribution in [-0.4, -0.2) is 18.3 Å². The molecule has 1 heterocycles. The molecule has 1 aliphatic heterocycles. The van der Waals surface area contributed by atoms with Crippen molar-refractivity contribution in [2.45, 2.75) is 84.8 Å². The lowest BCUT2D eigenvalue weighted by Crippen LogP contribution is -2.41. The van der Waals surface area contributed by atoms with Gasteiger partial charge in [0.25, 0.3) is 0 Å². The molecule has 472 valence electrons. The van der Waals surface area contributed by atoms with Crippen molar-refractivity contribution in [3.05, 3.63) is 330 Å². The van der Waals surface area contributed by atoms with E-state index in [0.29, 0.717) is 0 Å². The molecule has 0 saturated carbocycles. The number of hydrogen-bond acceptors (Lipinski definition) is 4. The largest absolute Gasteiger partial charge is 0.496 e. The highest BCUT2D eigenvalue weighted by molar-refractivity contribution is 9.10. The van der Waals surface area contributed by atoms with E-state index in [9.17, 15) is 9.13 Å². The number of rotatable bonds is 10. The average molecular weight is 1360 g/mol. The monoisotopic (exact) mass is 1350 g/mol. The Bertz CT molecular complexity index is 4650. The molecule has 0 radical (unpaired) electrons. The topological polar surface area (TPSA) is 52.6 Å². The SMILES string of the molecule is C.CC1(C)c2ccccc2-c2c1ccc(-c1ccccc1)c2-c1ccc(P(=O)(c2ccccc2)c2ccccc2)cc1.CC1(C)c2ccccc2-c2c1ccc(-c1ccccc1)c2B1OC(C)(C)C(C)(C)O1.O=P(c1ccccc1)(c1ccccc1)c1ccc(Br)cc1.P.[3H][3H]. The first-order valence-electron chi connectivity index (χ1n) is 32.6. The molecular weight excluding hydrogens is 1270 g/mol. The molecule has 1 unspecified atom stereocenters. The van der Waals surface area contributed by atoms with Crippen LogP contribution in [0.1, 0.15) is 88.0 Å². The van der Waals surface area contributed by atoms with Gasteiger partial charge in [0.1, 0.15) is 0 Å². The summed E-state index contributed by atoms with van der Waals surface area (Å²) in [6.07, 6.45) is 0. The summed E-state index contributed by atoms with van der Waals surface area (Å²) in [7, 11) is -6.28. The van der Waals surface area contributed by atoms with Gasteiger partial charge in [-0.05, 0) is 135 Å². The maximum Gasteiger partial charge on any atom is 0.496 e. The molecule has 9 heteroatoms. The zero-order chi connectivity index (χ0) is 66.0. The number of hydrogen-bond donors (Lipinski definition) is 0. The van der Waals surface area contributed by atoms with Gasteiger partial charge in [-0.15, -0.1) is 0 Å². The minimum Gasteiger partial charge on any atom is -0.399 e. The fourth-order valence-electron chi connectivity index (χ4n) is 13.8. The first-order valence-corrected chi connectivity index (χ1v) is 35.9. The molecule has 0 bridgehead atoms. The van der Waals surface area contributed by atoms with Crippen LogP contribution in [0.3, 0.4) is 0 Å². The minimum absolute atomic E-state index is 0. The van der Waals surface area contributed by atoms with E-state index >= 15 is 0 Å². The van der Waals surface area contributed by atoms with E-state index in [1.807, 2.05) is 146 Å². The van der Waals surface area contributed by atoms with Gasteiger partial charge in [-0.1, -0.05) is 330 Å². The molecule has 1 atom stereocenters. The summed E-state index contributed by atoms with van der Waals surface area (Å²) >= 11 is 3.43. The zero-order valence-corrected chi connectivity index (χ0v) is 58.8. The lowest BCUT2D eigenvalue weighted by atomic mass is 9.69. The molecule has 15 rings (SSSR count). The first kappa shape index (κ1) is 66.0. The Morgan fingerprint density at radius 1 is 0.319 bits per heavy atom. The van der Waals surface area contributed by atoms with Gasteiger partial charge in [-0.2, -0.15) is 9.90 Å². The predicted molar refractivity (Wildman–Crippen MR) is 413 cm³/mol. The Kier molecular flexibility index (Phi) is 19.0. The summed E-state index contributed by atoms with van der Waals surface area (Å²) in [5.74, 6) is 0. The third-order valence-electron chi connectivity index (χ3n) is 19.4. The van der Waals surface area contributed by atoms with Crippen LogP contribution in [0.5, 0.6) is 0 Å². The van der Waals surface area contributed by atoms with Crippen LogP contribution in [0.2, 0.25) is 0 Å². The molecule has 94 heavy (non-hydrogen) atoms. The molecular formula is C85H83BBrO4P3. The molecule has 2 aliphatic carbocycles. The molecule has 0 amide bonds. The van der Waals surface area contributed by atoms with Gasteiger partial charge in [0.2, 0.25) is 0 Å². The van der Waals surface area contributed by atoms with Gasteiger partial charge < -0.3 is 18.4 Å². The molecule has 1 saturated heterocycles. The smallest absolute Gasteiger partial charge is 0.399 e. The highest BCUT2D eigenvalue weighted by atomic mass is 79.9. The Morgan fingerprint density at radius 3 is 1.03 bits per heavy atom. The number of benzene rings is 12. The molecule has 0 spiro atoms. The van der Waals surface area contributed by atoms with Crippen molar-refractivity contribution in [1.29, 1.82) is 0 Å². The highest BCUT2D eigenvalue weighted by Crippen LogP contribution is 2.55. The molecule has 3 aliphatic rings. The molecule has 0 aromatic heterocycles. The average Bonchev–Trinajstić information content (AvgIpc) is 1.56. The van der Waals surface area contributed by atoms with Gasteiger partial charge in [-0.25, -0.2) is 0 Å². The van der Waals surface area contributed by atoms with Crippen LogP contribution in [-0.2, 0) is 29.3 Å². The summed E-state index contributed by atoms with van der Waals surface area (Å²) in [6.45, 7) is 17.8. The number of halogens is 1. The van der Waals surface area contributed by atoms with E-state index in [1.165, 1.54) is 72.3 Å². The van der Waals surface area contributed by atoms with Crippen LogP contribution in [0.15, 0.2) is 308 Å². The lowest BCUT2D eigenvalue weighted by molar-refractivity contribution is 0.00578. The summed E-state index contributed by atoms with van der Waals surface area (Å²) < 4.78 is 53.1. The quantitative estimate of drug-likeness (QED) is 0.101. The predicted octanol–water partition coefficient (Wildman–Crippen LogP) is 20.0. The summed E-state index contributed by atoms with van der Waals surface area (Å²) in [6, 6.07) is 103. The van der Waals surface area contributed by atoms with Gasteiger partial charge in [0, 0.05) is 50.1 Å². The normalized spacial score (nSPS) is 14.9. The Balaban J connectivity index is 0.000000161. The van der Waals surface area contributed by atoms with E-state index in [4.69, 9.17) is 12.3 Å². The second-order valence-electron chi connectivity index (χ2n) is 26.1. The fourth-order valence-corrected chi connectivity index (χ4v) is 19.3. The van der Waals surface area contributed by atoms with Gasteiger partial charge >= 0.3 is 7.12 Å². The molecule has 1 fully saturated rings. The van der Waals surface area contributed by atoms with Crippen LogP contribution < -0.4 is 37.3 Å². The van der Waals surface area contributed by atoms with Crippen LogP contribution >= 0.6 is 40.1 Å². The second-order valence-corrected chi connectivity index (χ2v) is 32.6. The van der Waals surface area contributed by atoms with Crippen molar-refractivity contribution in [2.24, 2.45) is 0 Å². The number of fused-ring (bicyclic) bond motifs is 6. The Labute approximate surface area is 572 Å². The molecule has 12 aromatic carbocycles. The van der Waals surface area contributed by atoms with Crippen molar-refractivity contribution in [3.8, 4) is 55.6 Å². The first-order chi connectivity index (χ1) is 45.3. The summed E-state index contributed by atoms with van der Waals surface area (Å²) in [4.78, 5) is 0. The van der Waals surface area contributed by atoms with E-state index in [-0.39, 0.29) is 39.4 Å². The van der Waals surface area contributed by atoms with Gasteiger partial charge in [-0.3, -0.25) is 0 Å². The van der Waals surface area contributed by atoms with E-state index in [1.54, 1.807) is 0 Å². The molecule has 12 aromatic rings. The fraction of sp³-hybridized carbons (Fsp3) is 0.153. The lowest BCUT2D eigenvalue weighted by Gasteiger charge is -2.32. The third-order valence-corrected chi connectivity index (χ3v) is 26.1. The van der Waals surface area contributed by atoms with Crippen molar-refractivity contribution in [2.75, 3.05) is 0 Å². The van der Waals surface area contributed by atoms with E-state index < -0.39 is 21.4 Å². The minimum atomic E-state index is -3.05. The van der Waals surface area contributed by atoms with Crippen LogP contribution in [0, 0.1) is 0 Å². The van der Waals surface area contributed by atoms with Crippen molar-refractivity contribution in [1.82, 2.24) is 0 Å². The Morgan fingerprint density at radius 2 is 0.628 bits per heavy atom. The second kappa shape index (κ2) is 27.0. The molecule has 4 nitrogen and oxygen atoms in total. The van der Waals surface area contributed by atoms with Crippen molar-refractivity contribution < 1.29 is 21.4 Å². The highest BCUT2D eigenvalue weighted by Gasteiger charge is 2.54. The van der Waals surface area contributed by atoms with Crippen LogP contribution in [0.4, 0.5) is 0 Å². The molecule has 0 N–H and O–H groups in total. The van der Waals surface area contributed by atoms with Crippen molar-refractivity contribution >= 4 is 84.5 Å². The Hall–Kier alpha value is -8.01. The van der Waals surface area contributed by atoms with Crippen molar-refractivity contribution in [3.63, 3.8) is 0 Å². The maximum atomic E-state index is 15.0.